The van der Waals surface area contributed by atoms with Crippen LogP contribution in [-0.4, -0.2) is 18.5 Å². The average Bonchev–Trinajstić information content (AvgIpc) is 2.97. The Kier molecular flexibility index (Phi) is 6.07. The molecular weight excluding hydrogens is 284 g/mol. The van der Waals surface area contributed by atoms with Crippen molar-refractivity contribution in [3.63, 3.8) is 0 Å². The minimum Gasteiger partial charge on any atom is -0.349 e. The molecule has 0 aromatic heterocycles. The molecule has 21 heavy (non-hydrogen) atoms. The van der Waals surface area contributed by atoms with Crippen LogP contribution in [0.4, 0.5) is 0 Å². The molecule has 1 aromatic carbocycles. The lowest BCUT2D eigenvalue weighted by atomic mass is 9.95. The molecule has 0 aliphatic carbocycles. The van der Waals surface area contributed by atoms with Gasteiger partial charge in [-0.25, -0.2) is 0 Å². The molecule has 1 fully saturated rings. The molecule has 1 heterocycles. The van der Waals surface area contributed by atoms with Gasteiger partial charge >= 0.3 is 0 Å². The van der Waals surface area contributed by atoms with Crippen molar-refractivity contribution < 1.29 is 4.79 Å². The molecular formula is C17H25ClN2O. The molecule has 0 saturated carbocycles. The third-order valence-corrected chi connectivity index (χ3v) is 4.35. The van der Waals surface area contributed by atoms with E-state index in [-0.39, 0.29) is 11.9 Å². The van der Waals surface area contributed by atoms with E-state index in [2.05, 4.69) is 24.5 Å². The van der Waals surface area contributed by atoms with Crippen LogP contribution in [0.3, 0.4) is 0 Å². The number of benzene rings is 1. The second-order valence-corrected chi connectivity index (χ2v) is 6.61. The number of halogens is 1. The largest absolute Gasteiger partial charge is 0.349 e. The smallest absolute Gasteiger partial charge is 0.220 e. The summed E-state index contributed by atoms with van der Waals surface area (Å²) in [5, 5.41) is 7.32. The van der Waals surface area contributed by atoms with E-state index in [4.69, 9.17) is 11.6 Å². The molecule has 2 atom stereocenters. The summed E-state index contributed by atoms with van der Waals surface area (Å²) in [6.45, 7) is 5.34. The van der Waals surface area contributed by atoms with Crippen LogP contribution in [0, 0.1) is 5.92 Å². The molecule has 116 valence electrons. The van der Waals surface area contributed by atoms with Crippen molar-refractivity contribution in [2.75, 3.05) is 6.54 Å². The summed E-state index contributed by atoms with van der Waals surface area (Å²) in [6, 6.07) is 8.30. The molecule has 1 aromatic rings. The van der Waals surface area contributed by atoms with Crippen LogP contribution in [0.25, 0.3) is 0 Å². The van der Waals surface area contributed by atoms with Gasteiger partial charge in [-0.15, -0.1) is 0 Å². The predicted octanol–water partition coefficient (Wildman–Crippen LogP) is 3.69. The highest BCUT2D eigenvalue weighted by Gasteiger charge is 2.20. The van der Waals surface area contributed by atoms with E-state index >= 15 is 0 Å². The van der Waals surface area contributed by atoms with Crippen molar-refractivity contribution in [2.24, 2.45) is 5.92 Å². The summed E-state index contributed by atoms with van der Waals surface area (Å²) in [6.07, 6.45) is 3.94. The highest BCUT2D eigenvalue weighted by Crippen LogP contribution is 2.23. The summed E-state index contributed by atoms with van der Waals surface area (Å²) in [5.74, 6) is 0.483. The fraction of sp³-hybridized carbons (Fsp3) is 0.588. The van der Waals surface area contributed by atoms with E-state index in [1.54, 1.807) is 0 Å². The third kappa shape index (κ3) is 5.01. The summed E-state index contributed by atoms with van der Waals surface area (Å²) >= 11 is 5.93. The van der Waals surface area contributed by atoms with Crippen LogP contribution in [0.15, 0.2) is 24.3 Å². The number of carbonyl (C=O) groups is 1. The van der Waals surface area contributed by atoms with E-state index in [1.807, 2.05) is 24.3 Å². The van der Waals surface area contributed by atoms with Crippen LogP contribution < -0.4 is 10.6 Å². The third-order valence-electron chi connectivity index (χ3n) is 4.09. The standard InChI is InChI=1S/C17H25ClN2O/c1-12(2)17(13-5-7-14(18)8-6-13)20-16(21)10-9-15-4-3-11-19-15/h5-8,12,15,17,19H,3-4,9-11H2,1-2H3,(H,20,21). The number of nitrogens with one attached hydrogen (secondary N) is 2. The Morgan fingerprint density at radius 3 is 2.67 bits per heavy atom. The van der Waals surface area contributed by atoms with Gasteiger partial charge in [-0.05, 0) is 49.4 Å². The van der Waals surface area contributed by atoms with Gasteiger partial charge in [0.1, 0.15) is 0 Å². The topological polar surface area (TPSA) is 41.1 Å². The van der Waals surface area contributed by atoms with Crippen LogP contribution in [0.2, 0.25) is 5.02 Å². The maximum Gasteiger partial charge on any atom is 0.220 e. The number of hydrogen-bond acceptors (Lipinski definition) is 2. The highest BCUT2D eigenvalue weighted by atomic mass is 35.5. The van der Waals surface area contributed by atoms with Gasteiger partial charge in [-0.1, -0.05) is 37.6 Å². The van der Waals surface area contributed by atoms with Crippen LogP contribution in [0.5, 0.6) is 0 Å². The normalized spacial score (nSPS) is 19.7. The number of carbonyl (C=O) groups excluding carboxylic acids is 1. The van der Waals surface area contributed by atoms with Crippen molar-refractivity contribution in [3.05, 3.63) is 34.9 Å². The maximum atomic E-state index is 12.2. The van der Waals surface area contributed by atoms with Gasteiger partial charge in [-0.3, -0.25) is 4.79 Å². The maximum absolute atomic E-state index is 12.2. The molecule has 0 bridgehead atoms. The summed E-state index contributed by atoms with van der Waals surface area (Å²) in [4.78, 5) is 12.2. The van der Waals surface area contributed by atoms with Crippen molar-refractivity contribution in [2.45, 2.75) is 51.6 Å². The molecule has 3 nitrogen and oxygen atoms in total. The number of amides is 1. The monoisotopic (exact) mass is 308 g/mol. The van der Waals surface area contributed by atoms with Gasteiger partial charge in [0.2, 0.25) is 5.91 Å². The Balaban J connectivity index is 1.89. The van der Waals surface area contributed by atoms with E-state index < -0.39 is 0 Å². The van der Waals surface area contributed by atoms with E-state index in [0.717, 1.165) is 23.6 Å². The first-order valence-corrected chi connectivity index (χ1v) is 8.22. The Morgan fingerprint density at radius 2 is 2.10 bits per heavy atom. The SMILES string of the molecule is CC(C)C(NC(=O)CCC1CCCN1)c1ccc(Cl)cc1. The molecule has 0 radical (unpaired) electrons. The first kappa shape index (κ1) is 16.3. The highest BCUT2D eigenvalue weighted by molar-refractivity contribution is 6.30. The summed E-state index contributed by atoms with van der Waals surface area (Å²) in [7, 11) is 0. The Labute approximate surface area is 132 Å². The van der Waals surface area contributed by atoms with Gasteiger partial charge in [0, 0.05) is 17.5 Å². The minimum atomic E-state index is 0.0475. The molecule has 1 amide bonds. The number of rotatable bonds is 6. The quantitative estimate of drug-likeness (QED) is 0.841. The summed E-state index contributed by atoms with van der Waals surface area (Å²) < 4.78 is 0. The van der Waals surface area contributed by atoms with Gasteiger partial charge < -0.3 is 10.6 Å². The average molecular weight is 309 g/mol. The van der Waals surface area contributed by atoms with Crippen LogP contribution >= 0.6 is 11.6 Å². The molecule has 1 aliphatic rings. The molecule has 0 spiro atoms. The predicted molar refractivity (Wildman–Crippen MR) is 87.4 cm³/mol. The lowest BCUT2D eigenvalue weighted by Gasteiger charge is -2.23. The lowest BCUT2D eigenvalue weighted by Crippen LogP contribution is -2.33. The van der Waals surface area contributed by atoms with E-state index in [0.29, 0.717) is 18.4 Å². The molecule has 1 aliphatic heterocycles. The van der Waals surface area contributed by atoms with Crippen molar-refractivity contribution in [3.8, 4) is 0 Å². The van der Waals surface area contributed by atoms with Crippen molar-refractivity contribution in [1.82, 2.24) is 10.6 Å². The van der Waals surface area contributed by atoms with Gasteiger partial charge in [-0.2, -0.15) is 0 Å². The van der Waals surface area contributed by atoms with E-state index in [9.17, 15) is 4.79 Å². The van der Waals surface area contributed by atoms with Gasteiger partial charge in [0.15, 0.2) is 0 Å². The molecule has 4 heteroatoms. The Morgan fingerprint density at radius 1 is 1.38 bits per heavy atom. The van der Waals surface area contributed by atoms with Gasteiger partial charge in [0.25, 0.3) is 0 Å². The number of hydrogen-bond donors (Lipinski definition) is 2. The zero-order valence-corrected chi connectivity index (χ0v) is 13.6. The fourth-order valence-corrected chi connectivity index (χ4v) is 2.99. The van der Waals surface area contributed by atoms with Crippen LogP contribution in [0.1, 0.15) is 51.1 Å². The molecule has 2 N–H and O–H groups in total. The molecule has 2 unspecified atom stereocenters. The van der Waals surface area contributed by atoms with E-state index in [1.165, 1.54) is 12.8 Å². The zero-order valence-electron chi connectivity index (χ0n) is 12.9. The van der Waals surface area contributed by atoms with Crippen LogP contribution in [-0.2, 0) is 4.79 Å². The van der Waals surface area contributed by atoms with Crippen molar-refractivity contribution in [1.29, 1.82) is 0 Å². The first-order chi connectivity index (χ1) is 10.1. The molecule has 2 rings (SSSR count). The van der Waals surface area contributed by atoms with Gasteiger partial charge in [0.05, 0.1) is 6.04 Å². The second kappa shape index (κ2) is 7.81. The van der Waals surface area contributed by atoms with Crippen molar-refractivity contribution >= 4 is 17.5 Å². The second-order valence-electron chi connectivity index (χ2n) is 6.17. The lowest BCUT2D eigenvalue weighted by molar-refractivity contribution is -0.122. The summed E-state index contributed by atoms with van der Waals surface area (Å²) in [5.41, 5.74) is 1.11. The fourth-order valence-electron chi connectivity index (χ4n) is 2.86. The zero-order chi connectivity index (χ0) is 15.2. The minimum absolute atomic E-state index is 0.0475. The Bertz CT molecular complexity index is 452. The Hall–Kier alpha value is -1.06. The first-order valence-electron chi connectivity index (χ1n) is 7.84. The molecule has 1 saturated heterocycles.